The molecule has 0 unspecified atom stereocenters. The molecule has 0 saturated heterocycles. The van der Waals surface area contributed by atoms with E-state index in [1.165, 1.54) is 5.57 Å². The zero-order valence-corrected chi connectivity index (χ0v) is 7.42. The highest BCUT2D eigenvalue weighted by Crippen LogP contribution is 2.21. The van der Waals surface area contributed by atoms with Crippen LogP contribution in [0.5, 0.6) is 0 Å². The van der Waals surface area contributed by atoms with Gasteiger partial charge in [-0.25, -0.2) is 0 Å². The second kappa shape index (κ2) is 3.07. The Kier molecular flexibility index (Phi) is 2.32. The molecule has 0 aliphatic carbocycles. The van der Waals surface area contributed by atoms with Crippen LogP contribution in [-0.4, -0.2) is 17.9 Å². The molecule has 0 aromatic heterocycles. The molecule has 0 aromatic rings. The normalized spacial score (nSPS) is 19.1. The minimum absolute atomic E-state index is 0.231. The molecule has 1 heterocycles. The zero-order chi connectivity index (χ0) is 8.43. The maximum absolute atomic E-state index is 11.0. The summed E-state index contributed by atoms with van der Waals surface area (Å²) in [4.78, 5) is 12.7. The molecule has 1 rings (SSSR count). The van der Waals surface area contributed by atoms with E-state index in [2.05, 4.69) is 13.8 Å². The molecular formula is C9H15NO. The molecule has 0 saturated carbocycles. The Morgan fingerprint density at radius 2 is 2.09 bits per heavy atom. The van der Waals surface area contributed by atoms with Crippen molar-refractivity contribution >= 4 is 5.91 Å². The third kappa shape index (κ3) is 1.82. The van der Waals surface area contributed by atoms with Gasteiger partial charge in [0.05, 0.1) is 0 Å². The molecule has 1 aliphatic rings. The number of rotatable bonds is 1. The first-order valence-corrected chi connectivity index (χ1v) is 4.07. The Morgan fingerprint density at radius 1 is 1.45 bits per heavy atom. The molecule has 0 aromatic carbocycles. The Hall–Kier alpha value is -0.790. The van der Waals surface area contributed by atoms with Crippen LogP contribution in [-0.2, 0) is 4.79 Å². The summed E-state index contributed by atoms with van der Waals surface area (Å²) in [6, 6.07) is 0. The van der Waals surface area contributed by atoms with Crippen molar-refractivity contribution in [1.82, 2.24) is 4.90 Å². The van der Waals surface area contributed by atoms with Crippen LogP contribution in [0.1, 0.15) is 26.7 Å². The van der Waals surface area contributed by atoms with E-state index >= 15 is 0 Å². The quantitative estimate of drug-likeness (QED) is 0.562. The average molecular weight is 153 g/mol. The van der Waals surface area contributed by atoms with Gasteiger partial charge in [0.1, 0.15) is 0 Å². The molecule has 0 atom stereocenters. The van der Waals surface area contributed by atoms with Crippen LogP contribution in [0.3, 0.4) is 0 Å². The van der Waals surface area contributed by atoms with Crippen molar-refractivity contribution in [2.24, 2.45) is 5.92 Å². The first kappa shape index (κ1) is 8.31. The Labute approximate surface area is 67.9 Å². The van der Waals surface area contributed by atoms with Crippen LogP contribution < -0.4 is 0 Å². The lowest BCUT2D eigenvalue weighted by Gasteiger charge is -2.22. The highest BCUT2D eigenvalue weighted by Gasteiger charge is 2.16. The highest BCUT2D eigenvalue weighted by molar-refractivity contribution is 5.78. The molecule has 0 spiro atoms. The second-order valence-corrected chi connectivity index (χ2v) is 3.36. The fraction of sp³-hybridized carbons (Fsp3) is 0.667. The van der Waals surface area contributed by atoms with Gasteiger partial charge >= 0.3 is 0 Å². The molecule has 62 valence electrons. The van der Waals surface area contributed by atoms with E-state index in [0.717, 1.165) is 6.42 Å². The highest BCUT2D eigenvalue weighted by atomic mass is 16.2. The minimum Gasteiger partial charge on any atom is -0.322 e. The van der Waals surface area contributed by atoms with Crippen LogP contribution in [0.15, 0.2) is 11.8 Å². The molecule has 0 bridgehead atoms. The van der Waals surface area contributed by atoms with Gasteiger partial charge in [0, 0.05) is 19.7 Å². The van der Waals surface area contributed by atoms with E-state index in [-0.39, 0.29) is 5.91 Å². The Bertz CT molecular complexity index is 194. The number of hydrogen-bond donors (Lipinski definition) is 0. The monoisotopic (exact) mass is 153 g/mol. The smallest absolute Gasteiger partial charge is 0.226 e. The molecule has 11 heavy (non-hydrogen) atoms. The van der Waals surface area contributed by atoms with Gasteiger partial charge in [-0.3, -0.25) is 4.79 Å². The summed E-state index contributed by atoms with van der Waals surface area (Å²) in [7, 11) is 1.82. The van der Waals surface area contributed by atoms with Crippen molar-refractivity contribution < 1.29 is 4.79 Å². The van der Waals surface area contributed by atoms with Gasteiger partial charge in [0.15, 0.2) is 0 Å². The van der Waals surface area contributed by atoms with E-state index in [1.54, 1.807) is 4.90 Å². The van der Waals surface area contributed by atoms with Gasteiger partial charge in [0.25, 0.3) is 0 Å². The van der Waals surface area contributed by atoms with Gasteiger partial charge in [0.2, 0.25) is 5.91 Å². The predicted octanol–water partition coefficient (Wildman–Crippen LogP) is 1.78. The van der Waals surface area contributed by atoms with Crippen molar-refractivity contribution in [3.8, 4) is 0 Å². The lowest BCUT2D eigenvalue weighted by atomic mass is 9.97. The van der Waals surface area contributed by atoms with E-state index in [9.17, 15) is 4.79 Å². The fourth-order valence-corrected chi connectivity index (χ4v) is 1.25. The van der Waals surface area contributed by atoms with Crippen LogP contribution >= 0.6 is 0 Å². The Balaban J connectivity index is 2.71. The summed E-state index contributed by atoms with van der Waals surface area (Å²) < 4.78 is 0. The topological polar surface area (TPSA) is 20.3 Å². The first-order chi connectivity index (χ1) is 5.11. The van der Waals surface area contributed by atoms with Gasteiger partial charge in [-0.05, 0) is 12.3 Å². The minimum atomic E-state index is 0.231. The summed E-state index contributed by atoms with van der Waals surface area (Å²) in [5.74, 6) is 0.806. The molecule has 1 aliphatic heterocycles. The largest absolute Gasteiger partial charge is 0.322 e. The zero-order valence-electron chi connectivity index (χ0n) is 7.42. The lowest BCUT2D eigenvalue weighted by Crippen LogP contribution is -2.25. The van der Waals surface area contributed by atoms with Gasteiger partial charge in [-0.15, -0.1) is 0 Å². The van der Waals surface area contributed by atoms with Crippen LogP contribution in [0, 0.1) is 5.92 Å². The number of carbonyl (C=O) groups excluding carboxylic acids is 1. The summed E-state index contributed by atoms with van der Waals surface area (Å²) in [5.41, 5.74) is 1.38. The van der Waals surface area contributed by atoms with E-state index in [0.29, 0.717) is 12.3 Å². The van der Waals surface area contributed by atoms with Crippen LogP contribution in [0.25, 0.3) is 0 Å². The molecule has 0 radical (unpaired) electrons. The van der Waals surface area contributed by atoms with Gasteiger partial charge in [-0.2, -0.15) is 0 Å². The molecule has 2 nitrogen and oxygen atoms in total. The summed E-state index contributed by atoms with van der Waals surface area (Å²) in [6.45, 7) is 4.32. The molecule has 1 amide bonds. The van der Waals surface area contributed by atoms with Crippen molar-refractivity contribution in [3.63, 3.8) is 0 Å². The Morgan fingerprint density at radius 3 is 2.55 bits per heavy atom. The van der Waals surface area contributed by atoms with Crippen molar-refractivity contribution in [2.45, 2.75) is 26.7 Å². The van der Waals surface area contributed by atoms with E-state index in [1.807, 2.05) is 13.2 Å². The van der Waals surface area contributed by atoms with Gasteiger partial charge in [-0.1, -0.05) is 19.4 Å². The maximum Gasteiger partial charge on any atom is 0.226 e. The SMILES string of the molecule is CC(C)C1=CN(C)C(=O)CC1. The van der Waals surface area contributed by atoms with Gasteiger partial charge < -0.3 is 4.90 Å². The molecular weight excluding hydrogens is 138 g/mol. The van der Waals surface area contributed by atoms with Crippen molar-refractivity contribution in [2.75, 3.05) is 7.05 Å². The molecule has 2 heteroatoms. The van der Waals surface area contributed by atoms with Crippen LogP contribution in [0.2, 0.25) is 0 Å². The number of hydrogen-bond acceptors (Lipinski definition) is 1. The number of carbonyl (C=O) groups is 1. The average Bonchev–Trinajstić information content (AvgIpc) is 1.94. The third-order valence-corrected chi connectivity index (χ3v) is 2.12. The predicted molar refractivity (Wildman–Crippen MR) is 44.9 cm³/mol. The standard InChI is InChI=1S/C9H15NO/c1-7(2)8-4-5-9(11)10(3)6-8/h6-7H,4-5H2,1-3H3. The summed E-state index contributed by atoms with van der Waals surface area (Å²) >= 11 is 0. The number of allylic oxidation sites excluding steroid dienone is 1. The second-order valence-electron chi connectivity index (χ2n) is 3.36. The number of amides is 1. The van der Waals surface area contributed by atoms with E-state index < -0.39 is 0 Å². The summed E-state index contributed by atoms with van der Waals surface area (Å²) in [5, 5.41) is 0. The molecule has 0 fully saturated rings. The molecule has 0 N–H and O–H groups in total. The lowest BCUT2D eigenvalue weighted by molar-refractivity contribution is -0.128. The number of nitrogens with zero attached hydrogens (tertiary/aromatic N) is 1. The third-order valence-electron chi connectivity index (χ3n) is 2.12. The van der Waals surface area contributed by atoms with Crippen LogP contribution in [0.4, 0.5) is 0 Å². The van der Waals surface area contributed by atoms with E-state index in [4.69, 9.17) is 0 Å². The maximum atomic E-state index is 11.0. The van der Waals surface area contributed by atoms with Crippen molar-refractivity contribution in [1.29, 1.82) is 0 Å². The first-order valence-electron chi connectivity index (χ1n) is 4.07. The summed E-state index contributed by atoms with van der Waals surface area (Å²) in [6.07, 6.45) is 3.60. The fourth-order valence-electron chi connectivity index (χ4n) is 1.25. The van der Waals surface area contributed by atoms with Crippen molar-refractivity contribution in [3.05, 3.63) is 11.8 Å².